The molecule has 0 aromatic carbocycles. The summed E-state index contributed by atoms with van der Waals surface area (Å²) in [6.45, 7) is 6.62. The van der Waals surface area contributed by atoms with Crippen molar-refractivity contribution in [2.45, 2.75) is 20.8 Å². The van der Waals surface area contributed by atoms with Gasteiger partial charge in [0.1, 0.15) is 0 Å². The summed E-state index contributed by atoms with van der Waals surface area (Å²) in [6.07, 6.45) is 1.93. The van der Waals surface area contributed by atoms with Crippen LogP contribution in [0.4, 0.5) is 0 Å². The van der Waals surface area contributed by atoms with Crippen LogP contribution >= 0.6 is 0 Å². The molecule has 0 unspecified atom stereocenters. The zero-order valence-electron chi connectivity index (χ0n) is 8.96. The van der Waals surface area contributed by atoms with Crippen molar-refractivity contribution >= 4 is 5.78 Å². The van der Waals surface area contributed by atoms with Gasteiger partial charge in [0, 0.05) is 12.7 Å². The summed E-state index contributed by atoms with van der Waals surface area (Å²) in [6, 6.07) is 0. The van der Waals surface area contributed by atoms with Gasteiger partial charge in [-0.3, -0.25) is 4.79 Å². The first-order chi connectivity index (χ1) is 6.54. The molecule has 1 rings (SSSR count). The molecule has 1 aliphatic heterocycles. The maximum Gasteiger partial charge on any atom is 0.158 e. The molecule has 0 saturated carbocycles. The van der Waals surface area contributed by atoms with E-state index in [0.29, 0.717) is 24.5 Å². The molecule has 0 aliphatic carbocycles. The van der Waals surface area contributed by atoms with Crippen LogP contribution in [0.5, 0.6) is 0 Å². The predicted molar refractivity (Wildman–Crippen MR) is 57.7 cm³/mol. The van der Waals surface area contributed by atoms with Crippen molar-refractivity contribution in [2.24, 2.45) is 11.7 Å². The van der Waals surface area contributed by atoms with Gasteiger partial charge in [-0.1, -0.05) is 19.9 Å². The van der Waals surface area contributed by atoms with Crippen molar-refractivity contribution in [2.75, 3.05) is 13.2 Å². The summed E-state index contributed by atoms with van der Waals surface area (Å²) in [5, 5.41) is 0. The number of carbonyl (C=O) groups is 1. The van der Waals surface area contributed by atoms with Crippen LogP contribution in [0.3, 0.4) is 0 Å². The summed E-state index contributed by atoms with van der Waals surface area (Å²) in [5.74, 6) is 0.208. The van der Waals surface area contributed by atoms with Gasteiger partial charge in [-0.2, -0.15) is 0 Å². The van der Waals surface area contributed by atoms with Gasteiger partial charge in [0.25, 0.3) is 0 Å². The summed E-state index contributed by atoms with van der Waals surface area (Å²) >= 11 is 0. The molecule has 0 bridgehead atoms. The number of ether oxygens (including phenoxy) is 1. The van der Waals surface area contributed by atoms with Gasteiger partial charge < -0.3 is 10.5 Å². The third kappa shape index (κ3) is 2.23. The van der Waals surface area contributed by atoms with Gasteiger partial charge in [0.05, 0.1) is 13.2 Å². The number of nitrogens with two attached hydrogens (primary N) is 1. The Hall–Kier alpha value is -1.09. The quantitative estimate of drug-likeness (QED) is 0.700. The minimum Gasteiger partial charge on any atom is -0.398 e. The van der Waals surface area contributed by atoms with Gasteiger partial charge in [0.15, 0.2) is 5.78 Å². The Labute approximate surface area is 86.1 Å². The number of hydrogen-bond donors (Lipinski definition) is 1. The lowest BCUT2D eigenvalue weighted by Crippen LogP contribution is -2.15. The topological polar surface area (TPSA) is 52.3 Å². The number of hydrogen-bond acceptors (Lipinski definition) is 3. The molecule has 0 radical (unpaired) electrons. The Morgan fingerprint density at radius 3 is 2.64 bits per heavy atom. The van der Waals surface area contributed by atoms with E-state index in [9.17, 15) is 4.79 Å². The standard InChI is InChI=1S/C11H17NO2.H2/c1-7(2)10(8(3)13)11(12)9-4-5-14-6-9;/h4,7H,5-6,12H2,1-3H3;1H/b11-10-;. The fourth-order valence-corrected chi connectivity index (χ4v) is 1.66. The van der Waals surface area contributed by atoms with Gasteiger partial charge in [-0.25, -0.2) is 0 Å². The molecule has 14 heavy (non-hydrogen) atoms. The van der Waals surface area contributed by atoms with Gasteiger partial charge >= 0.3 is 0 Å². The molecular formula is C11H19NO2. The average molecular weight is 197 g/mol. The van der Waals surface area contributed by atoms with E-state index in [-0.39, 0.29) is 13.1 Å². The molecule has 0 amide bonds. The first-order valence-corrected chi connectivity index (χ1v) is 4.81. The van der Waals surface area contributed by atoms with Crippen LogP contribution < -0.4 is 5.73 Å². The Balaban J connectivity index is 0.00000196. The third-order valence-corrected chi connectivity index (χ3v) is 2.30. The molecule has 0 aromatic heterocycles. The molecule has 80 valence electrons. The lowest BCUT2D eigenvalue weighted by Gasteiger charge is -2.12. The van der Waals surface area contributed by atoms with E-state index in [0.717, 1.165) is 5.57 Å². The fourth-order valence-electron chi connectivity index (χ4n) is 1.66. The maximum atomic E-state index is 11.4. The zero-order valence-corrected chi connectivity index (χ0v) is 8.96. The molecule has 0 fully saturated rings. The van der Waals surface area contributed by atoms with Gasteiger partial charge in [-0.15, -0.1) is 0 Å². The molecule has 0 spiro atoms. The molecule has 1 aliphatic rings. The van der Waals surface area contributed by atoms with E-state index in [1.54, 1.807) is 6.92 Å². The summed E-state index contributed by atoms with van der Waals surface area (Å²) < 4.78 is 5.17. The molecule has 0 atom stereocenters. The Morgan fingerprint density at radius 2 is 2.29 bits per heavy atom. The van der Waals surface area contributed by atoms with Crippen molar-refractivity contribution in [1.29, 1.82) is 0 Å². The number of carbonyl (C=O) groups excluding carboxylic acids is 1. The number of rotatable bonds is 3. The molecule has 0 saturated heterocycles. The van der Waals surface area contributed by atoms with E-state index >= 15 is 0 Å². The van der Waals surface area contributed by atoms with Crippen LogP contribution in [0.25, 0.3) is 0 Å². The zero-order chi connectivity index (χ0) is 10.7. The van der Waals surface area contributed by atoms with Crippen LogP contribution in [0.1, 0.15) is 22.2 Å². The van der Waals surface area contributed by atoms with Crippen molar-refractivity contribution in [3.8, 4) is 0 Å². The molecule has 2 N–H and O–H groups in total. The van der Waals surface area contributed by atoms with E-state index in [2.05, 4.69) is 0 Å². The normalized spacial score (nSPS) is 18.1. The Kier molecular flexibility index (Phi) is 3.47. The highest BCUT2D eigenvalue weighted by atomic mass is 16.5. The second kappa shape index (κ2) is 4.42. The van der Waals surface area contributed by atoms with Crippen LogP contribution in [0.15, 0.2) is 22.9 Å². The minimum atomic E-state index is 0. The molecule has 3 heteroatoms. The molecule has 1 heterocycles. The second-order valence-corrected chi connectivity index (χ2v) is 3.78. The lowest BCUT2D eigenvalue weighted by atomic mass is 9.95. The van der Waals surface area contributed by atoms with E-state index in [1.807, 2.05) is 19.9 Å². The minimum absolute atomic E-state index is 0. The Morgan fingerprint density at radius 1 is 1.64 bits per heavy atom. The lowest BCUT2D eigenvalue weighted by molar-refractivity contribution is -0.114. The first kappa shape index (κ1) is 11.0. The highest BCUT2D eigenvalue weighted by molar-refractivity contribution is 5.95. The van der Waals surface area contributed by atoms with Gasteiger partial charge in [-0.05, 0) is 18.4 Å². The van der Waals surface area contributed by atoms with Crippen LogP contribution in [0, 0.1) is 5.92 Å². The van der Waals surface area contributed by atoms with E-state index < -0.39 is 0 Å². The summed E-state index contributed by atoms with van der Waals surface area (Å²) in [4.78, 5) is 11.4. The van der Waals surface area contributed by atoms with Crippen LogP contribution in [-0.2, 0) is 9.53 Å². The first-order valence-electron chi connectivity index (χ1n) is 4.81. The molecule has 0 aromatic rings. The fraction of sp³-hybridized carbons (Fsp3) is 0.545. The van der Waals surface area contributed by atoms with Crippen molar-refractivity contribution in [3.05, 3.63) is 22.9 Å². The van der Waals surface area contributed by atoms with Crippen molar-refractivity contribution in [1.82, 2.24) is 0 Å². The predicted octanol–water partition coefficient (Wildman–Crippen LogP) is 1.65. The smallest absolute Gasteiger partial charge is 0.158 e. The van der Waals surface area contributed by atoms with Crippen LogP contribution in [0.2, 0.25) is 0 Å². The second-order valence-electron chi connectivity index (χ2n) is 3.78. The van der Waals surface area contributed by atoms with E-state index in [4.69, 9.17) is 10.5 Å². The van der Waals surface area contributed by atoms with Gasteiger partial charge in [0.2, 0.25) is 0 Å². The monoisotopic (exact) mass is 197 g/mol. The number of Topliss-reactive ketones (excluding diaryl/α,β-unsaturated/α-hetero) is 1. The number of allylic oxidation sites excluding steroid dienone is 1. The third-order valence-electron chi connectivity index (χ3n) is 2.30. The average Bonchev–Trinajstić information content (AvgIpc) is 2.53. The molecular weight excluding hydrogens is 178 g/mol. The van der Waals surface area contributed by atoms with Crippen molar-refractivity contribution in [3.63, 3.8) is 0 Å². The SMILES string of the molecule is CC(=O)/C(=C(\N)C1=CCOC1)C(C)C.[HH]. The number of ketones is 1. The van der Waals surface area contributed by atoms with Crippen LogP contribution in [-0.4, -0.2) is 19.0 Å². The summed E-state index contributed by atoms with van der Waals surface area (Å²) in [5.41, 5.74) is 8.20. The summed E-state index contributed by atoms with van der Waals surface area (Å²) in [7, 11) is 0. The molecule has 3 nitrogen and oxygen atoms in total. The maximum absolute atomic E-state index is 11.4. The van der Waals surface area contributed by atoms with E-state index in [1.165, 1.54) is 0 Å². The highest BCUT2D eigenvalue weighted by Gasteiger charge is 2.17. The highest BCUT2D eigenvalue weighted by Crippen LogP contribution is 2.20. The largest absolute Gasteiger partial charge is 0.398 e. The van der Waals surface area contributed by atoms with Crippen molar-refractivity contribution < 1.29 is 11.0 Å². The Bertz CT molecular complexity index is 306.